The van der Waals surface area contributed by atoms with Crippen LogP contribution in [-0.2, 0) is 0 Å². The maximum atomic E-state index is 9.81. The van der Waals surface area contributed by atoms with Crippen LogP contribution in [0.15, 0.2) is 22.7 Å². The van der Waals surface area contributed by atoms with E-state index in [1.54, 1.807) is 6.07 Å². The van der Waals surface area contributed by atoms with Gasteiger partial charge in [-0.2, -0.15) is 0 Å². The van der Waals surface area contributed by atoms with E-state index in [0.29, 0.717) is 5.02 Å². The molecule has 0 saturated carbocycles. The van der Waals surface area contributed by atoms with Gasteiger partial charge in [-0.1, -0.05) is 24.6 Å². The molecule has 0 amide bonds. The zero-order chi connectivity index (χ0) is 10.7. The van der Waals surface area contributed by atoms with Crippen molar-refractivity contribution in [2.75, 3.05) is 0 Å². The molecule has 0 aliphatic carbocycles. The minimum Gasteiger partial charge on any atom is -0.387 e. The summed E-state index contributed by atoms with van der Waals surface area (Å²) in [7, 11) is 0. The molecule has 4 heteroatoms. The van der Waals surface area contributed by atoms with Crippen LogP contribution in [0.5, 0.6) is 0 Å². The Bertz CT molecular complexity index is 319. The molecule has 2 nitrogen and oxygen atoms in total. The van der Waals surface area contributed by atoms with E-state index in [4.69, 9.17) is 17.3 Å². The van der Waals surface area contributed by atoms with Gasteiger partial charge >= 0.3 is 0 Å². The molecular formula is C10H13BrClNO. The van der Waals surface area contributed by atoms with Crippen LogP contribution < -0.4 is 5.73 Å². The highest BCUT2D eigenvalue weighted by molar-refractivity contribution is 9.10. The summed E-state index contributed by atoms with van der Waals surface area (Å²) < 4.78 is 0.820. The van der Waals surface area contributed by atoms with Crippen LogP contribution in [0, 0.1) is 0 Å². The fourth-order valence-corrected chi connectivity index (χ4v) is 1.60. The van der Waals surface area contributed by atoms with Gasteiger partial charge in [0.2, 0.25) is 0 Å². The van der Waals surface area contributed by atoms with Crippen LogP contribution in [0.25, 0.3) is 0 Å². The van der Waals surface area contributed by atoms with Crippen molar-refractivity contribution in [3.63, 3.8) is 0 Å². The Morgan fingerprint density at radius 1 is 1.57 bits per heavy atom. The van der Waals surface area contributed by atoms with Crippen molar-refractivity contribution >= 4 is 27.5 Å². The van der Waals surface area contributed by atoms with Gasteiger partial charge < -0.3 is 10.8 Å². The third kappa shape index (κ3) is 2.70. The molecule has 0 heterocycles. The Kier molecular flexibility index (Phi) is 4.38. The first kappa shape index (κ1) is 12.0. The average molecular weight is 279 g/mol. The zero-order valence-electron chi connectivity index (χ0n) is 7.87. The second-order valence-corrected chi connectivity index (χ2v) is 4.45. The Morgan fingerprint density at radius 3 is 2.71 bits per heavy atom. The first-order chi connectivity index (χ1) is 6.56. The Balaban J connectivity index is 2.91. The molecule has 78 valence electrons. The van der Waals surface area contributed by atoms with Gasteiger partial charge in [0.1, 0.15) is 0 Å². The predicted octanol–water partition coefficient (Wildman–Crippen LogP) is 2.87. The summed E-state index contributed by atoms with van der Waals surface area (Å²) in [6.07, 6.45) is 0.0834. The second-order valence-electron chi connectivity index (χ2n) is 3.19. The second kappa shape index (κ2) is 5.12. The highest BCUT2D eigenvalue weighted by Crippen LogP contribution is 2.27. The van der Waals surface area contributed by atoms with Crippen molar-refractivity contribution in [2.45, 2.75) is 25.5 Å². The van der Waals surface area contributed by atoms with Gasteiger partial charge in [-0.25, -0.2) is 0 Å². The summed E-state index contributed by atoms with van der Waals surface area (Å²) in [6.45, 7) is 1.94. The summed E-state index contributed by atoms with van der Waals surface area (Å²) in [5.41, 5.74) is 6.49. The molecule has 0 radical (unpaired) electrons. The molecule has 0 aliphatic heterocycles. The standard InChI is InChI=1S/C10H13BrClNO/c1-2-9(13)10(14)6-3-4-7(11)8(12)5-6/h3-5,9-10,14H,2,13H2,1H3. The molecule has 0 saturated heterocycles. The van der Waals surface area contributed by atoms with Gasteiger partial charge in [0.25, 0.3) is 0 Å². The molecule has 2 atom stereocenters. The Labute approximate surface area is 97.2 Å². The van der Waals surface area contributed by atoms with Crippen molar-refractivity contribution in [1.82, 2.24) is 0 Å². The molecule has 14 heavy (non-hydrogen) atoms. The number of aliphatic hydroxyl groups is 1. The van der Waals surface area contributed by atoms with E-state index in [1.165, 1.54) is 0 Å². The van der Waals surface area contributed by atoms with Crippen molar-refractivity contribution in [1.29, 1.82) is 0 Å². The first-order valence-electron chi connectivity index (χ1n) is 4.44. The number of nitrogens with two attached hydrogens (primary N) is 1. The summed E-state index contributed by atoms with van der Waals surface area (Å²) >= 11 is 9.19. The van der Waals surface area contributed by atoms with Gasteiger partial charge in [0, 0.05) is 10.5 Å². The number of hydrogen-bond acceptors (Lipinski definition) is 2. The zero-order valence-corrected chi connectivity index (χ0v) is 10.2. The molecular weight excluding hydrogens is 265 g/mol. The molecule has 1 aromatic rings. The maximum absolute atomic E-state index is 9.81. The first-order valence-corrected chi connectivity index (χ1v) is 5.62. The molecule has 0 fully saturated rings. The summed E-state index contributed by atoms with van der Waals surface area (Å²) in [6, 6.07) is 5.11. The lowest BCUT2D eigenvalue weighted by atomic mass is 10.0. The van der Waals surface area contributed by atoms with E-state index in [-0.39, 0.29) is 6.04 Å². The average Bonchev–Trinajstić information content (AvgIpc) is 2.20. The van der Waals surface area contributed by atoms with Crippen LogP contribution in [0.1, 0.15) is 25.0 Å². The number of hydrogen-bond donors (Lipinski definition) is 2. The molecule has 3 N–H and O–H groups in total. The van der Waals surface area contributed by atoms with E-state index in [2.05, 4.69) is 15.9 Å². The molecule has 0 aliphatic rings. The number of aliphatic hydroxyl groups excluding tert-OH is 1. The third-order valence-electron chi connectivity index (χ3n) is 2.16. The van der Waals surface area contributed by atoms with Gasteiger partial charge in [0.05, 0.1) is 11.1 Å². The SMILES string of the molecule is CCC(N)C(O)c1ccc(Br)c(Cl)c1. The topological polar surface area (TPSA) is 46.2 Å². The van der Waals surface area contributed by atoms with Gasteiger partial charge in [-0.05, 0) is 40.0 Å². The van der Waals surface area contributed by atoms with E-state index in [0.717, 1.165) is 16.5 Å². The van der Waals surface area contributed by atoms with Gasteiger partial charge in [0.15, 0.2) is 0 Å². The van der Waals surface area contributed by atoms with Crippen LogP contribution >= 0.6 is 27.5 Å². The molecule has 1 rings (SSSR count). The smallest absolute Gasteiger partial charge is 0.0941 e. The number of benzene rings is 1. The minimum atomic E-state index is -0.648. The fourth-order valence-electron chi connectivity index (χ4n) is 1.17. The van der Waals surface area contributed by atoms with Crippen LogP contribution in [-0.4, -0.2) is 11.1 Å². The summed E-state index contributed by atoms with van der Waals surface area (Å²) in [5.74, 6) is 0. The quantitative estimate of drug-likeness (QED) is 0.893. The highest BCUT2D eigenvalue weighted by atomic mass is 79.9. The van der Waals surface area contributed by atoms with Crippen molar-refractivity contribution < 1.29 is 5.11 Å². The fraction of sp³-hybridized carbons (Fsp3) is 0.400. The molecule has 2 unspecified atom stereocenters. The van der Waals surface area contributed by atoms with Gasteiger partial charge in [-0.15, -0.1) is 0 Å². The summed E-state index contributed by atoms with van der Waals surface area (Å²) in [4.78, 5) is 0. The lowest BCUT2D eigenvalue weighted by Crippen LogP contribution is -2.27. The maximum Gasteiger partial charge on any atom is 0.0941 e. The monoisotopic (exact) mass is 277 g/mol. The third-order valence-corrected chi connectivity index (χ3v) is 3.39. The Hall–Kier alpha value is -0.0900. The Morgan fingerprint density at radius 2 is 2.21 bits per heavy atom. The van der Waals surface area contributed by atoms with E-state index in [1.807, 2.05) is 19.1 Å². The van der Waals surface area contributed by atoms with Crippen molar-refractivity contribution in [3.05, 3.63) is 33.3 Å². The lowest BCUT2D eigenvalue weighted by molar-refractivity contribution is 0.144. The van der Waals surface area contributed by atoms with Crippen LogP contribution in [0.4, 0.5) is 0 Å². The van der Waals surface area contributed by atoms with E-state index < -0.39 is 6.10 Å². The molecule has 0 bridgehead atoms. The molecule has 0 aromatic heterocycles. The van der Waals surface area contributed by atoms with E-state index >= 15 is 0 Å². The summed E-state index contributed by atoms with van der Waals surface area (Å²) in [5, 5.41) is 10.4. The van der Waals surface area contributed by atoms with E-state index in [9.17, 15) is 5.11 Å². The predicted molar refractivity (Wildman–Crippen MR) is 62.4 cm³/mol. The van der Waals surface area contributed by atoms with Crippen molar-refractivity contribution in [3.8, 4) is 0 Å². The molecule has 1 aromatic carbocycles. The van der Waals surface area contributed by atoms with Gasteiger partial charge in [-0.3, -0.25) is 0 Å². The normalized spacial score (nSPS) is 15.2. The highest BCUT2D eigenvalue weighted by Gasteiger charge is 2.15. The molecule has 0 spiro atoms. The largest absolute Gasteiger partial charge is 0.387 e. The lowest BCUT2D eigenvalue weighted by Gasteiger charge is -2.17. The van der Waals surface area contributed by atoms with Crippen LogP contribution in [0.3, 0.4) is 0 Å². The number of halogens is 2. The van der Waals surface area contributed by atoms with Crippen molar-refractivity contribution in [2.24, 2.45) is 5.73 Å². The number of rotatable bonds is 3. The van der Waals surface area contributed by atoms with Crippen LogP contribution in [0.2, 0.25) is 5.02 Å². The minimum absolute atomic E-state index is 0.243.